The molecule has 0 bridgehead atoms. The zero-order valence-corrected chi connectivity index (χ0v) is 25.6. The molecule has 0 N–H and O–H groups in total. The number of ether oxygens (including phenoxy) is 3. The van der Waals surface area contributed by atoms with Gasteiger partial charge in [-0.25, -0.2) is 0 Å². The van der Waals surface area contributed by atoms with E-state index in [4.69, 9.17) is 14.2 Å². The molecule has 1 aliphatic heterocycles. The first kappa shape index (κ1) is 29.7. The lowest BCUT2D eigenvalue weighted by atomic mass is 9.68. The summed E-state index contributed by atoms with van der Waals surface area (Å²) in [4.78, 5) is 2.70. The third-order valence-electron chi connectivity index (χ3n) is 9.08. The number of hydrogen-bond acceptors (Lipinski definition) is 4. The van der Waals surface area contributed by atoms with Gasteiger partial charge in [0.15, 0.2) is 11.5 Å². The second kappa shape index (κ2) is 13.9. The Morgan fingerprint density at radius 1 is 0.738 bits per heavy atom. The number of rotatable bonds is 13. The third kappa shape index (κ3) is 6.34. The summed E-state index contributed by atoms with van der Waals surface area (Å²) in [6.45, 7) is 4.38. The van der Waals surface area contributed by atoms with E-state index in [0.717, 1.165) is 68.9 Å². The molecule has 0 saturated heterocycles. The molecule has 42 heavy (non-hydrogen) atoms. The predicted molar refractivity (Wildman–Crippen MR) is 172 cm³/mol. The summed E-state index contributed by atoms with van der Waals surface area (Å²) >= 11 is 0. The second-order valence-corrected chi connectivity index (χ2v) is 11.4. The second-order valence-electron chi connectivity index (χ2n) is 11.4. The van der Waals surface area contributed by atoms with Gasteiger partial charge in [-0.05, 0) is 90.7 Å². The van der Waals surface area contributed by atoms with Crippen molar-refractivity contribution in [2.24, 2.45) is 0 Å². The van der Waals surface area contributed by atoms with Gasteiger partial charge >= 0.3 is 0 Å². The van der Waals surface area contributed by atoms with Gasteiger partial charge < -0.3 is 14.2 Å². The fraction of sp³-hybridized carbons (Fsp3) is 0.368. The zero-order valence-electron chi connectivity index (χ0n) is 25.6. The number of benzene rings is 4. The Hall–Kier alpha value is -3.76. The summed E-state index contributed by atoms with van der Waals surface area (Å²) in [5, 5.41) is 0. The molecule has 1 unspecified atom stereocenters. The maximum atomic E-state index is 5.76. The highest BCUT2D eigenvalue weighted by molar-refractivity contribution is 5.50. The molecule has 0 spiro atoms. The van der Waals surface area contributed by atoms with Crippen LogP contribution in [0.2, 0.25) is 0 Å². The average molecular weight is 564 g/mol. The highest BCUT2D eigenvalue weighted by atomic mass is 16.5. The molecule has 0 radical (unpaired) electrons. The van der Waals surface area contributed by atoms with Crippen molar-refractivity contribution in [3.63, 3.8) is 0 Å². The van der Waals surface area contributed by atoms with Crippen LogP contribution in [-0.2, 0) is 18.3 Å². The van der Waals surface area contributed by atoms with E-state index in [0.29, 0.717) is 0 Å². The van der Waals surface area contributed by atoms with Crippen molar-refractivity contribution in [1.82, 2.24) is 4.90 Å². The summed E-state index contributed by atoms with van der Waals surface area (Å²) in [7, 11) is 5.16. The van der Waals surface area contributed by atoms with E-state index < -0.39 is 0 Å². The molecule has 0 aliphatic carbocycles. The van der Waals surface area contributed by atoms with Gasteiger partial charge in [-0.1, -0.05) is 86.1 Å². The lowest BCUT2D eigenvalue weighted by Gasteiger charge is -2.40. The normalized spacial score (nSPS) is 15.2. The third-order valence-corrected chi connectivity index (χ3v) is 9.08. The van der Waals surface area contributed by atoms with Crippen LogP contribution in [0.25, 0.3) is 0 Å². The standard InChI is InChI=1S/C38H45NO3/c1-5-22-38(31-13-8-6-9-14-31,32-15-10-7-11-16-32)23-12-24-39-25-21-30-27-36(41-3)37(42-4)28-34(30)35(39)26-29-17-19-33(40-2)20-18-29/h6-11,13-20,27-28,35H,5,12,21-26H2,1-4H3. The Balaban J connectivity index is 1.44. The van der Waals surface area contributed by atoms with Gasteiger partial charge in [0.25, 0.3) is 0 Å². The molecule has 1 atom stereocenters. The fourth-order valence-corrected chi connectivity index (χ4v) is 6.97. The van der Waals surface area contributed by atoms with E-state index in [2.05, 4.69) is 109 Å². The summed E-state index contributed by atoms with van der Waals surface area (Å²) in [6.07, 6.45) is 6.44. The van der Waals surface area contributed by atoms with Crippen LogP contribution in [-0.4, -0.2) is 39.3 Å². The van der Waals surface area contributed by atoms with Crippen molar-refractivity contribution in [3.8, 4) is 17.2 Å². The van der Waals surface area contributed by atoms with Gasteiger partial charge in [0, 0.05) is 18.0 Å². The maximum absolute atomic E-state index is 5.76. The van der Waals surface area contributed by atoms with Crippen LogP contribution < -0.4 is 14.2 Å². The Kier molecular flexibility index (Phi) is 9.86. The number of methoxy groups -OCH3 is 3. The molecule has 5 rings (SSSR count). The summed E-state index contributed by atoms with van der Waals surface area (Å²) in [5.74, 6) is 2.50. The average Bonchev–Trinajstić information content (AvgIpc) is 3.05. The number of nitrogens with zero attached hydrogens (tertiary/aromatic N) is 1. The Morgan fingerprint density at radius 2 is 1.36 bits per heavy atom. The van der Waals surface area contributed by atoms with Crippen molar-refractivity contribution in [2.45, 2.75) is 56.9 Å². The van der Waals surface area contributed by atoms with Gasteiger partial charge in [-0.15, -0.1) is 0 Å². The fourth-order valence-electron chi connectivity index (χ4n) is 6.97. The summed E-state index contributed by atoms with van der Waals surface area (Å²) < 4.78 is 16.9. The van der Waals surface area contributed by atoms with Crippen LogP contribution in [0.3, 0.4) is 0 Å². The van der Waals surface area contributed by atoms with Gasteiger partial charge in [0.1, 0.15) is 5.75 Å². The van der Waals surface area contributed by atoms with E-state index in [9.17, 15) is 0 Å². The monoisotopic (exact) mass is 563 g/mol. The molecule has 0 fully saturated rings. The Morgan fingerprint density at radius 3 is 1.93 bits per heavy atom. The van der Waals surface area contributed by atoms with E-state index in [1.807, 2.05) is 0 Å². The lowest BCUT2D eigenvalue weighted by molar-refractivity contribution is 0.174. The number of fused-ring (bicyclic) bond motifs is 1. The van der Waals surface area contributed by atoms with Crippen LogP contribution in [0, 0.1) is 0 Å². The first-order chi connectivity index (χ1) is 20.6. The van der Waals surface area contributed by atoms with E-state index in [-0.39, 0.29) is 11.5 Å². The minimum atomic E-state index is 0.00697. The maximum Gasteiger partial charge on any atom is 0.161 e. The topological polar surface area (TPSA) is 30.9 Å². The van der Waals surface area contributed by atoms with Crippen LogP contribution in [0.5, 0.6) is 17.2 Å². The van der Waals surface area contributed by atoms with Gasteiger partial charge in [0.2, 0.25) is 0 Å². The molecule has 1 heterocycles. The molecule has 4 aromatic rings. The molecular weight excluding hydrogens is 518 g/mol. The summed E-state index contributed by atoms with van der Waals surface area (Å²) in [5.41, 5.74) is 6.87. The van der Waals surface area contributed by atoms with Crippen molar-refractivity contribution in [2.75, 3.05) is 34.4 Å². The first-order valence-corrected chi connectivity index (χ1v) is 15.3. The molecule has 0 saturated carbocycles. The van der Waals surface area contributed by atoms with Crippen molar-refractivity contribution < 1.29 is 14.2 Å². The predicted octanol–water partition coefficient (Wildman–Crippen LogP) is 8.42. The Labute approximate surface area is 252 Å². The van der Waals surface area contributed by atoms with Crippen molar-refractivity contribution in [1.29, 1.82) is 0 Å². The quantitative estimate of drug-likeness (QED) is 0.163. The smallest absolute Gasteiger partial charge is 0.161 e. The number of hydrogen-bond donors (Lipinski definition) is 0. The lowest BCUT2D eigenvalue weighted by Crippen LogP contribution is -2.38. The molecule has 1 aliphatic rings. The largest absolute Gasteiger partial charge is 0.497 e. The van der Waals surface area contributed by atoms with Crippen LogP contribution in [0.1, 0.15) is 66.5 Å². The van der Waals surface area contributed by atoms with Gasteiger partial charge in [-0.2, -0.15) is 0 Å². The molecular formula is C38H45NO3. The van der Waals surface area contributed by atoms with Crippen molar-refractivity contribution >= 4 is 0 Å². The van der Waals surface area contributed by atoms with Crippen LogP contribution in [0.4, 0.5) is 0 Å². The Bertz CT molecular complexity index is 1360. The van der Waals surface area contributed by atoms with Crippen molar-refractivity contribution in [3.05, 3.63) is 125 Å². The SMILES string of the molecule is CCCC(CCCN1CCc2cc(OC)c(OC)cc2C1Cc1ccc(OC)cc1)(c1ccccc1)c1ccccc1. The van der Waals surface area contributed by atoms with Gasteiger partial charge in [-0.3, -0.25) is 4.90 Å². The molecule has 0 amide bonds. The van der Waals surface area contributed by atoms with Crippen LogP contribution >= 0.6 is 0 Å². The van der Waals surface area contributed by atoms with E-state index >= 15 is 0 Å². The molecule has 4 nitrogen and oxygen atoms in total. The van der Waals surface area contributed by atoms with E-state index in [1.54, 1.807) is 21.3 Å². The van der Waals surface area contributed by atoms with E-state index in [1.165, 1.54) is 27.8 Å². The molecule has 4 heteroatoms. The summed E-state index contributed by atoms with van der Waals surface area (Å²) in [6, 6.07) is 35.5. The van der Waals surface area contributed by atoms with Crippen LogP contribution in [0.15, 0.2) is 97.1 Å². The molecule has 4 aromatic carbocycles. The minimum Gasteiger partial charge on any atom is -0.497 e. The molecule has 0 aromatic heterocycles. The highest BCUT2D eigenvalue weighted by Gasteiger charge is 2.34. The zero-order chi connectivity index (χ0) is 29.4. The molecule has 220 valence electrons. The van der Waals surface area contributed by atoms with Gasteiger partial charge in [0.05, 0.1) is 21.3 Å². The first-order valence-electron chi connectivity index (χ1n) is 15.3. The highest BCUT2D eigenvalue weighted by Crippen LogP contribution is 2.43. The minimum absolute atomic E-state index is 0.00697.